The number of aromatic amines is 1. The summed E-state index contributed by atoms with van der Waals surface area (Å²) in [5, 5.41) is 2.92. The van der Waals surface area contributed by atoms with Crippen molar-refractivity contribution in [2.24, 2.45) is 0 Å². The highest BCUT2D eigenvalue weighted by Gasteiger charge is 2.13. The maximum Gasteiger partial charge on any atom is 0.277 e. The van der Waals surface area contributed by atoms with Gasteiger partial charge >= 0.3 is 0 Å². The fourth-order valence-electron chi connectivity index (χ4n) is 2.16. The molecule has 0 bridgehead atoms. The van der Waals surface area contributed by atoms with E-state index in [0.29, 0.717) is 16.5 Å². The van der Waals surface area contributed by atoms with Gasteiger partial charge in [0.15, 0.2) is 11.0 Å². The number of carbonyl (C=O) groups excluding carboxylic acids is 1. The van der Waals surface area contributed by atoms with E-state index in [0.717, 1.165) is 5.56 Å². The summed E-state index contributed by atoms with van der Waals surface area (Å²) < 4.78 is 0. The molecule has 7 heteroatoms. The van der Waals surface area contributed by atoms with Gasteiger partial charge in [-0.2, -0.15) is 0 Å². The molecule has 0 fully saturated rings. The number of anilines is 2. The van der Waals surface area contributed by atoms with E-state index in [1.54, 1.807) is 30.3 Å². The lowest BCUT2D eigenvalue weighted by Gasteiger charge is -2.08. The van der Waals surface area contributed by atoms with Gasteiger partial charge in [0.25, 0.3) is 11.5 Å². The van der Waals surface area contributed by atoms with Gasteiger partial charge in [-0.25, -0.2) is 4.98 Å². The number of amides is 1. The van der Waals surface area contributed by atoms with Gasteiger partial charge in [0.2, 0.25) is 0 Å². The van der Waals surface area contributed by atoms with E-state index in [9.17, 15) is 9.59 Å². The fourth-order valence-corrected chi connectivity index (χ4v) is 2.98. The highest BCUT2D eigenvalue weighted by molar-refractivity contribution is 7.98. The molecule has 0 aliphatic rings. The predicted molar refractivity (Wildman–Crippen MR) is 99.7 cm³/mol. The number of thioether (sulfide) groups is 1. The molecule has 0 unspecified atom stereocenters. The highest BCUT2D eigenvalue weighted by atomic mass is 32.2. The molecule has 0 aliphatic heterocycles. The van der Waals surface area contributed by atoms with E-state index in [2.05, 4.69) is 15.3 Å². The van der Waals surface area contributed by atoms with Crippen molar-refractivity contribution in [2.75, 3.05) is 11.1 Å². The summed E-state index contributed by atoms with van der Waals surface area (Å²) >= 11 is 1.37. The van der Waals surface area contributed by atoms with Crippen LogP contribution in [0.3, 0.4) is 0 Å². The predicted octanol–water partition coefficient (Wildman–Crippen LogP) is 2.90. The molecule has 2 aromatic carbocycles. The molecule has 1 aromatic heterocycles. The number of H-pyrrole nitrogens is 1. The number of nitrogens with zero attached hydrogens (tertiary/aromatic N) is 1. The van der Waals surface area contributed by atoms with E-state index in [1.165, 1.54) is 11.8 Å². The van der Waals surface area contributed by atoms with Crippen LogP contribution in [0.1, 0.15) is 15.9 Å². The third-order valence-corrected chi connectivity index (χ3v) is 4.36. The molecule has 25 heavy (non-hydrogen) atoms. The van der Waals surface area contributed by atoms with Crippen LogP contribution in [-0.2, 0) is 5.75 Å². The van der Waals surface area contributed by atoms with Crippen LogP contribution in [0.25, 0.3) is 0 Å². The second-order valence-corrected chi connectivity index (χ2v) is 6.19. The zero-order chi connectivity index (χ0) is 17.6. The molecule has 1 heterocycles. The number of benzene rings is 2. The summed E-state index contributed by atoms with van der Waals surface area (Å²) in [5.41, 5.74) is 6.88. The van der Waals surface area contributed by atoms with Crippen molar-refractivity contribution < 1.29 is 4.79 Å². The molecule has 4 N–H and O–H groups in total. The molecule has 0 aliphatic carbocycles. The van der Waals surface area contributed by atoms with Crippen LogP contribution in [0.15, 0.2) is 70.6 Å². The minimum absolute atomic E-state index is 0.0106. The summed E-state index contributed by atoms with van der Waals surface area (Å²) in [5.74, 6) is 0.228. The number of nitrogens with two attached hydrogens (primary N) is 1. The number of aromatic nitrogens is 2. The summed E-state index contributed by atoms with van der Waals surface area (Å²) in [4.78, 5) is 31.2. The van der Waals surface area contributed by atoms with Crippen molar-refractivity contribution in [1.82, 2.24) is 9.97 Å². The van der Waals surface area contributed by atoms with Crippen molar-refractivity contribution >= 4 is 29.2 Å². The second-order valence-electron chi connectivity index (χ2n) is 5.23. The zero-order valence-corrected chi connectivity index (χ0v) is 14.0. The Morgan fingerprint density at radius 1 is 1.08 bits per heavy atom. The third-order valence-electron chi connectivity index (χ3n) is 3.42. The van der Waals surface area contributed by atoms with Gasteiger partial charge < -0.3 is 11.1 Å². The van der Waals surface area contributed by atoms with Crippen LogP contribution in [0, 0.1) is 0 Å². The van der Waals surface area contributed by atoms with Crippen LogP contribution < -0.4 is 16.6 Å². The van der Waals surface area contributed by atoms with Crippen molar-refractivity contribution in [3.8, 4) is 0 Å². The molecule has 126 valence electrons. The summed E-state index contributed by atoms with van der Waals surface area (Å²) in [6, 6.07) is 18.4. The molecule has 0 radical (unpaired) electrons. The lowest BCUT2D eigenvalue weighted by Crippen LogP contribution is -2.23. The fraction of sp³-hybridized carbons (Fsp3) is 0.0556. The molecular formula is C18H16N4O2S. The van der Waals surface area contributed by atoms with Crippen LogP contribution in [0.5, 0.6) is 0 Å². The van der Waals surface area contributed by atoms with Gasteiger partial charge in [0.1, 0.15) is 5.69 Å². The van der Waals surface area contributed by atoms with Gasteiger partial charge in [-0.1, -0.05) is 60.3 Å². The Hall–Kier alpha value is -3.06. The molecular weight excluding hydrogens is 336 g/mol. The summed E-state index contributed by atoms with van der Waals surface area (Å²) in [7, 11) is 0. The Labute approximate surface area is 148 Å². The van der Waals surface area contributed by atoms with Gasteiger partial charge in [-0.3, -0.25) is 14.6 Å². The summed E-state index contributed by atoms with van der Waals surface area (Å²) in [6.45, 7) is 0. The number of hydrogen-bond acceptors (Lipinski definition) is 5. The van der Waals surface area contributed by atoms with Crippen LogP contribution in [0.2, 0.25) is 0 Å². The minimum Gasteiger partial charge on any atom is -0.382 e. The van der Waals surface area contributed by atoms with E-state index < -0.39 is 11.5 Å². The first kappa shape index (κ1) is 16.8. The molecule has 1 amide bonds. The molecule has 0 saturated carbocycles. The van der Waals surface area contributed by atoms with Crippen molar-refractivity contribution in [2.45, 2.75) is 10.9 Å². The lowest BCUT2D eigenvalue weighted by atomic mass is 10.2. The first-order chi connectivity index (χ1) is 12.1. The molecule has 3 rings (SSSR count). The van der Waals surface area contributed by atoms with E-state index in [1.807, 2.05) is 30.3 Å². The SMILES string of the molecule is Nc1nc(SCc2ccccc2)[nH]c(=O)c1NC(=O)c1ccccc1. The minimum atomic E-state index is -0.479. The smallest absolute Gasteiger partial charge is 0.277 e. The van der Waals surface area contributed by atoms with Gasteiger partial charge in [-0.15, -0.1) is 0 Å². The van der Waals surface area contributed by atoms with E-state index >= 15 is 0 Å². The molecule has 3 aromatic rings. The Morgan fingerprint density at radius 2 is 1.72 bits per heavy atom. The average molecular weight is 352 g/mol. The standard InChI is InChI=1S/C18H16N4O2S/c19-15-14(20-16(23)13-9-5-2-6-10-13)17(24)22-18(21-15)25-11-12-7-3-1-4-8-12/h1-10H,11H2,(H,20,23)(H3,19,21,22,24). The summed E-state index contributed by atoms with van der Waals surface area (Å²) in [6.07, 6.45) is 0. The average Bonchev–Trinajstić information content (AvgIpc) is 2.64. The monoisotopic (exact) mass is 352 g/mol. The van der Waals surface area contributed by atoms with Crippen LogP contribution in [0.4, 0.5) is 11.5 Å². The number of nitrogen functional groups attached to an aromatic ring is 1. The quantitative estimate of drug-likeness (QED) is 0.484. The van der Waals surface area contributed by atoms with E-state index in [4.69, 9.17) is 5.73 Å². The molecule has 6 nitrogen and oxygen atoms in total. The molecule has 0 spiro atoms. The molecule has 0 saturated heterocycles. The van der Waals surface area contributed by atoms with E-state index in [-0.39, 0.29) is 11.5 Å². The lowest BCUT2D eigenvalue weighted by molar-refractivity contribution is 0.102. The first-order valence-corrected chi connectivity index (χ1v) is 8.55. The topological polar surface area (TPSA) is 101 Å². The Morgan fingerprint density at radius 3 is 2.36 bits per heavy atom. The zero-order valence-electron chi connectivity index (χ0n) is 13.2. The van der Waals surface area contributed by atoms with Crippen molar-refractivity contribution in [1.29, 1.82) is 0 Å². The maximum atomic E-state index is 12.2. The first-order valence-electron chi connectivity index (χ1n) is 7.56. The van der Waals surface area contributed by atoms with Gasteiger partial charge in [0.05, 0.1) is 0 Å². The Bertz CT molecular complexity index is 927. The van der Waals surface area contributed by atoms with Crippen LogP contribution in [-0.4, -0.2) is 15.9 Å². The number of nitrogens with one attached hydrogen (secondary N) is 2. The van der Waals surface area contributed by atoms with Gasteiger partial charge in [0, 0.05) is 11.3 Å². The normalized spacial score (nSPS) is 10.4. The Balaban J connectivity index is 1.74. The number of hydrogen-bond donors (Lipinski definition) is 3. The third kappa shape index (κ3) is 4.27. The maximum absolute atomic E-state index is 12.2. The largest absolute Gasteiger partial charge is 0.382 e. The highest BCUT2D eigenvalue weighted by Crippen LogP contribution is 2.21. The van der Waals surface area contributed by atoms with Crippen molar-refractivity contribution in [3.05, 3.63) is 82.1 Å². The van der Waals surface area contributed by atoms with Crippen molar-refractivity contribution in [3.63, 3.8) is 0 Å². The Kier molecular flexibility index (Phi) is 5.15. The van der Waals surface area contributed by atoms with Crippen LogP contribution >= 0.6 is 11.8 Å². The van der Waals surface area contributed by atoms with Gasteiger partial charge in [-0.05, 0) is 17.7 Å². The second kappa shape index (κ2) is 7.67. The molecule has 0 atom stereocenters. The number of rotatable bonds is 5. The number of carbonyl (C=O) groups is 1.